The predicted molar refractivity (Wildman–Crippen MR) is 115 cm³/mol. The minimum absolute atomic E-state index is 0.0334. The van der Waals surface area contributed by atoms with Crippen LogP contribution in [0.15, 0.2) is 78.9 Å². The van der Waals surface area contributed by atoms with E-state index in [-0.39, 0.29) is 24.8 Å². The summed E-state index contributed by atoms with van der Waals surface area (Å²) < 4.78 is 5.79. The molecule has 0 radical (unpaired) electrons. The lowest BCUT2D eigenvalue weighted by Crippen LogP contribution is -2.27. The first-order chi connectivity index (χ1) is 14.5. The topological polar surface area (TPSA) is 75.6 Å². The van der Waals surface area contributed by atoms with Crippen molar-refractivity contribution in [3.63, 3.8) is 0 Å². The highest BCUT2D eigenvalue weighted by Gasteiger charge is 2.16. The summed E-state index contributed by atoms with van der Waals surface area (Å²) in [5.74, 6) is -0.375. The van der Waals surface area contributed by atoms with Gasteiger partial charge in [-0.3, -0.25) is 9.59 Å². The molecule has 0 saturated heterocycles. The van der Waals surface area contributed by atoms with E-state index in [9.17, 15) is 9.59 Å². The van der Waals surface area contributed by atoms with Crippen molar-refractivity contribution >= 4 is 11.9 Å². The van der Waals surface area contributed by atoms with Crippen LogP contribution in [0.1, 0.15) is 46.4 Å². The largest absolute Gasteiger partial charge is 0.489 e. The fourth-order valence-corrected chi connectivity index (χ4v) is 3.17. The molecular weight excluding hydrogens is 378 g/mol. The molecule has 0 bridgehead atoms. The van der Waals surface area contributed by atoms with Crippen LogP contribution >= 0.6 is 0 Å². The van der Waals surface area contributed by atoms with E-state index in [0.29, 0.717) is 17.7 Å². The lowest BCUT2D eigenvalue weighted by molar-refractivity contribution is -0.136. The quantitative estimate of drug-likeness (QED) is 0.539. The van der Waals surface area contributed by atoms with Crippen molar-refractivity contribution in [3.8, 4) is 5.75 Å². The first kappa shape index (κ1) is 21.1. The molecule has 0 aliphatic rings. The molecule has 1 atom stereocenters. The van der Waals surface area contributed by atoms with Crippen molar-refractivity contribution in [3.05, 3.63) is 101 Å². The predicted octanol–water partition coefficient (Wildman–Crippen LogP) is 4.77. The Kier molecular flexibility index (Phi) is 7.22. The van der Waals surface area contributed by atoms with Gasteiger partial charge in [-0.2, -0.15) is 0 Å². The van der Waals surface area contributed by atoms with Gasteiger partial charge < -0.3 is 15.2 Å². The first-order valence-electron chi connectivity index (χ1n) is 9.90. The van der Waals surface area contributed by atoms with Gasteiger partial charge in [-0.25, -0.2) is 0 Å². The van der Waals surface area contributed by atoms with Gasteiger partial charge in [0.25, 0.3) is 5.91 Å². The number of carboxylic acids is 1. The third-order valence-corrected chi connectivity index (χ3v) is 4.82. The molecule has 154 valence electrons. The van der Waals surface area contributed by atoms with Crippen molar-refractivity contribution in [1.29, 1.82) is 0 Å². The number of carboxylic acid groups (broad SMARTS) is 1. The van der Waals surface area contributed by atoms with E-state index in [1.54, 1.807) is 6.07 Å². The Morgan fingerprint density at radius 3 is 2.30 bits per heavy atom. The zero-order valence-corrected chi connectivity index (χ0v) is 16.9. The maximum absolute atomic E-state index is 13.0. The summed E-state index contributed by atoms with van der Waals surface area (Å²) in [4.78, 5) is 24.0. The maximum Gasteiger partial charge on any atom is 0.303 e. The van der Waals surface area contributed by atoms with Crippen molar-refractivity contribution in [1.82, 2.24) is 5.32 Å². The third-order valence-electron chi connectivity index (χ3n) is 4.82. The van der Waals surface area contributed by atoms with Crippen LogP contribution in [-0.4, -0.2) is 17.0 Å². The van der Waals surface area contributed by atoms with Crippen LogP contribution in [0.2, 0.25) is 0 Å². The average molecular weight is 403 g/mol. The van der Waals surface area contributed by atoms with E-state index in [2.05, 4.69) is 5.32 Å². The standard InChI is InChI=1S/C25H25NO4/c1-18(20-8-4-2-5-9-20)26-25(29)23-16-19(12-13-21(23)14-15-24(27)28)17-30-22-10-6-3-7-11-22/h2-13,16,18H,14-15,17H2,1H3,(H,26,29)(H,27,28). The zero-order chi connectivity index (χ0) is 21.3. The van der Waals surface area contributed by atoms with E-state index < -0.39 is 5.97 Å². The molecule has 0 saturated carbocycles. The highest BCUT2D eigenvalue weighted by Crippen LogP contribution is 2.19. The van der Waals surface area contributed by atoms with Crippen LogP contribution in [0.3, 0.4) is 0 Å². The monoisotopic (exact) mass is 403 g/mol. The Hall–Kier alpha value is -3.60. The molecule has 0 fully saturated rings. The molecule has 1 unspecified atom stereocenters. The maximum atomic E-state index is 13.0. The fraction of sp³-hybridized carbons (Fsp3) is 0.200. The highest BCUT2D eigenvalue weighted by molar-refractivity contribution is 5.96. The van der Waals surface area contributed by atoms with Crippen molar-refractivity contribution in [2.45, 2.75) is 32.4 Å². The number of amides is 1. The average Bonchev–Trinajstić information content (AvgIpc) is 2.77. The van der Waals surface area contributed by atoms with Crippen LogP contribution in [-0.2, 0) is 17.8 Å². The van der Waals surface area contributed by atoms with E-state index in [0.717, 1.165) is 16.9 Å². The second kappa shape index (κ2) is 10.3. The summed E-state index contributed by atoms with van der Waals surface area (Å²) in [6.45, 7) is 2.24. The summed E-state index contributed by atoms with van der Waals surface area (Å²) in [6.07, 6.45) is 0.256. The molecule has 0 heterocycles. The van der Waals surface area contributed by atoms with E-state index in [1.807, 2.05) is 79.7 Å². The Bertz CT molecular complexity index is 987. The molecule has 0 spiro atoms. The Labute approximate surface area is 176 Å². The molecule has 5 heteroatoms. The second-order valence-corrected chi connectivity index (χ2v) is 7.09. The summed E-state index contributed by atoms with van der Waals surface area (Å²) in [7, 11) is 0. The van der Waals surface area contributed by atoms with Gasteiger partial charge in [0.2, 0.25) is 0 Å². The number of nitrogens with one attached hydrogen (secondary N) is 1. The van der Waals surface area contributed by atoms with E-state index >= 15 is 0 Å². The van der Waals surface area contributed by atoms with Crippen LogP contribution < -0.4 is 10.1 Å². The molecule has 30 heavy (non-hydrogen) atoms. The number of benzene rings is 3. The Morgan fingerprint density at radius 1 is 0.967 bits per heavy atom. The van der Waals surface area contributed by atoms with Crippen LogP contribution in [0.4, 0.5) is 0 Å². The minimum Gasteiger partial charge on any atom is -0.489 e. The van der Waals surface area contributed by atoms with Gasteiger partial charge in [0.05, 0.1) is 6.04 Å². The number of hydrogen-bond donors (Lipinski definition) is 2. The molecular formula is C25H25NO4. The Balaban J connectivity index is 1.78. The summed E-state index contributed by atoms with van der Waals surface area (Å²) in [5, 5.41) is 12.1. The minimum atomic E-state index is -0.893. The number of aliphatic carboxylic acids is 1. The van der Waals surface area contributed by atoms with Crippen molar-refractivity contribution in [2.24, 2.45) is 0 Å². The number of rotatable bonds is 9. The van der Waals surface area contributed by atoms with Gasteiger partial charge in [0, 0.05) is 12.0 Å². The molecule has 0 aliphatic heterocycles. The van der Waals surface area contributed by atoms with Gasteiger partial charge in [-0.05, 0) is 48.2 Å². The number of ether oxygens (including phenoxy) is 1. The smallest absolute Gasteiger partial charge is 0.303 e. The van der Waals surface area contributed by atoms with Crippen LogP contribution in [0, 0.1) is 0 Å². The fourth-order valence-electron chi connectivity index (χ4n) is 3.17. The molecule has 0 aromatic heterocycles. The summed E-state index contributed by atoms with van der Waals surface area (Å²) in [5.41, 5.74) is 3.03. The van der Waals surface area contributed by atoms with Gasteiger partial charge in [-0.15, -0.1) is 0 Å². The summed E-state index contributed by atoms with van der Waals surface area (Å²) in [6, 6.07) is 24.5. The normalized spacial score (nSPS) is 11.5. The highest BCUT2D eigenvalue weighted by atomic mass is 16.5. The van der Waals surface area contributed by atoms with Crippen LogP contribution in [0.25, 0.3) is 0 Å². The molecule has 0 aliphatic carbocycles. The van der Waals surface area contributed by atoms with Gasteiger partial charge in [-0.1, -0.05) is 60.7 Å². The van der Waals surface area contributed by atoms with Gasteiger partial charge in [0.1, 0.15) is 12.4 Å². The Morgan fingerprint density at radius 2 is 1.63 bits per heavy atom. The molecule has 2 N–H and O–H groups in total. The van der Waals surface area contributed by atoms with Crippen molar-refractivity contribution < 1.29 is 19.4 Å². The first-order valence-corrected chi connectivity index (χ1v) is 9.90. The van der Waals surface area contributed by atoms with Gasteiger partial charge in [0.15, 0.2) is 0 Å². The van der Waals surface area contributed by atoms with E-state index in [4.69, 9.17) is 9.84 Å². The number of para-hydroxylation sites is 1. The molecule has 3 aromatic carbocycles. The number of carbonyl (C=O) groups is 2. The molecule has 1 amide bonds. The zero-order valence-electron chi connectivity index (χ0n) is 16.9. The molecule has 3 aromatic rings. The second-order valence-electron chi connectivity index (χ2n) is 7.09. The summed E-state index contributed by atoms with van der Waals surface area (Å²) >= 11 is 0. The number of aryl methyl sites for hydroxylation is 1. The number of carbonyl (C=O) groups excluding carboxylic acids is 1. The SMILES string of the molecule is CC(NC(=O)c1cc(COc2ccccc2)ccc1CCC(=O)O)c1ccccc1. The lowest BCUT2D eigenvalue weighted by atomic mass is 9.98. The lowest BCUT2D eigenvalue weighted by Gasteiger charge is -2.17. The van der Waals surface area contributed by atoms with Gasteiger partial charge >= 0.3 is 5.97 Å². The number of hydrogen-bond acceptors (Lipinski definition) is 3. The van der Waals surface area contributed by atoms with Crippen LogP contribution in [0.5, 0.6) is 5.75 Å². The molecule has 5 nitrogen and oxygen atoms in total. The molecule has 3 rings (SSSR count). The van der Waals surface area contributed by atoms with Crippen molar-refractivity contribution in [2.75, 3.05) is 0 Å². The third kappa shape index (κ3) is 5.95. The van der Waals surface area contributed by atoms with E-state index in [1.165, 1.54) is 0 Å².